The summed E-state index contributed by atoms with van der Waals surface area (Å²) in [7, 11) is 1.73. The van der Waals surface area contributed by atoms with E-state index in [1.807, 2.05) is 30.3 Å². The number of ketones is 1. The maximum Gasteiger partial charge on any atom is 0.223 e. The number of aldehydes is 1. The zero-order chi connectivity index (χ0) is 15.9. The summed E-state index contributed by atoms with van der Waals surface area (Å²) >= 11 is 1.39. The summed E-state index contributed by atoms with van der Waals surface area (Å²) in [5.74, 6) is 0.200. The molecule has 1 aliphatic heterocycles. The smallest absolute Gasteiger partial charge is 0.223 e. The van der Waals surface area contributed by atoms with Crippen molar-refractivity contribution in [2.75, 3.05) is 12.8 Å². The lowest BCUT2D eigenvalue weighted by atomic mass is 9.97. The van der Waals surface area contributed by atoms with Gasteiger partial charge >= 0.3 is 0 Å². The lowest BCUT2D eigenvalue weighted by Crippen LogP contribution is -2.36. The number of carbonyl (C=O) groups is 3. The number of hydrogen-bond acceptors (Lipinski definition) is 5. The van der Waals surface area contributed by atoms with Gasteiger partial charge in [0.25, 0.3) is 0 Å². The topological polar surface area (TPSA) is 66.5 Å². The van der Waals surface area contributed by atoms with E-state index in [1.165, 1.54) is 11.9 Å². The molecule has 0 spiro atoms. The van der Waals surface area contributed by atoms with Crippen molar-refractivity contribution in [3.05, 3.63) is 35.9 Å². The van der Waals surface area contributed by atoms with E-state index >= 15 is 0 Å². The lowest BCUT2D eigenvalue weighted by molar-refractivity contribution is -0.133. The number of Topliss-reactive ketones (excluding diaryl/α,β-unsaturated/α-hetero) is 1. The Labute approximate surface area is 134 Å². The molecule has 0 aromatic heterocycles. The minimum Gasteiger partial charge on any atom is -0.341 e. The summed E-state index contributed by atoms with van der Waals surface area (Å²) < 4.78 is 2.96. The first-order chi connectivity index (χ1) is 10.6. The average molecular weight is 320 g/mol. The highest BCUT2D eigenvalue weighted by Gasteiger charge is 2.32. The van der Waals surface area contributed by atoms with Crippen molar-refractivity contribution in [1.82, 2.24) is 9.62 Å². The third-order valence-corrected chi connectivity index (χ3v) is 4.68. The van der Waals surface area contributed by atoms with Crippen LogP contribution < -0.4 is 4.72 Å². The Morgan fingerprint density at radius 2 is 2.05 bits per heavy atom. The molecule has 118 valence electrons. The molecule has 0 radical (unpaired) electrons. The van der Waals surface area contributed by atoms with Crippen molar-refractivity contribution in [1.29, 1.82) is 0 Å². The SMILES string of the molecule is CN(Cc1ccccc1)C(=O)CCC(=O)C1NSC[C@H]1C=O. The Balaban J connectivity index is 1.79. The van der Waals surface area contributed by atoms with Gasteiger partial charge in [-0.3, -0.25) is 14.3 Å². The number of hydrogen-bond donors (Lipinski definition) is 1. The van der Waals surface area contributed by atoms with Gasteiger partial charge < -0.3 is 9.69 Å². The molecule has 22 heavy (non-hydrogen) atoms. The Kier molecular flexibility index (Phi) is 6.15. The summed E-state index contributed by atoms with van der Waals surface area (Å²) in [4.78, 5) is 36.7. The first kappa shape index (κ1) is 16.7. The van der Waals surface area contributed by atoms with Crippen molar-refractivity contribution in [3.63, 3.8) is 0 Å². The van der Waals surface area contributed by atoms with Crippen molar-refractivity contribution < 1.29 is 14.4 Å². The average Bonchev–Trinajstić information content (AvgIpc) is 3.01. The molecule has 2 rings (SSSR count). The zero-order valence-corrected chi connectivity index (χ0v) is 13.3. The van der Waals surface area contributed by atoms with Crippen LogP contribution in [0.3, 0.4) is 0 Å². The fourth-order valence-corrected chi connectivity index (χ4v) is 3.41. The molecule has 2 atom stereocenters. The molecule has 1 amide bonds. The summed E-state index contributed by atoms with van der Waals surface area (Å²) in [6.45, 7) is 0.530. The number of amides is 1. The second-order valence-electron chi connectivity index (χ2n) is 5.41. The van der Waals surface area contributed by atoms with Crippen LogP contribution in [-0.4, -0.2) is 41.7 Å². The molecule has 1 aliphatic rings. The van der Waals surface area contributed by atoms with Crippen LogP contribution in [0.1, 0.15) is 18.4 Å². The molecular weight excluding hydrogens is 300 g/mol. The summed E-state index contributed by atoms with van der Waals surface area (Å²) in [6, 6.07) is 9.27. The van der Waals surface area contributed by atoms with Crippen LogP contribution in [0.5, 0.6) is 0 Å². The van der Waals surface area contributed by atoms with E-state index in [4.69, 9.17) is 0 Å². The predicted octanol–water partition coefficient (Wildman–Crippen LogP) is 1.43. The van der Waals surface area contributed by atoms with E-state index in [0.717, 1.165) is 11.8 Å². The van der Waals surface area contributed by atoms with E-state index in [9.17, 15) is 14.4 Å². The van der Waals surface area contributed by atoms with Gasteiger partial charge in [-0.1, -0.05) is 42.3 Å². The highest BCUT2D eigenvalue weighted by atomic mass is 32.2. The molecule has 1 aromatic rings. The van der Waals surface area contributed by atoms with Gasteiger partial charge in [0, 0.05) is 38.1 Å². The van der Waals surface area contributed by atoms with Gasteiger partial charge in [0.1, 0.15) is 6.29 Å². The maximum absolute atomic E-state index is 12.1. The summed E-state index contributed by atoms with van der Waals surface area (Å²) in [5, 5.41) is 0. The predicted molar refractivity (Wildman–Crippen MR) is 86.1 cm³/mol. The second kappa shape index (κ2) is 8.10. The number of carbonyl (C=O) groups excluding carboxylic acids is 3. The number of nitrogens with one attached hydrogen (secondary N) is 1. The third kappa shape index (κ3) is 4.42. The molecule has 0 saturated carbocycles. The van der Waals surface area contributed by atoms with Gasteiger partial charge in [-0.25, -0.2) is 0 Å². The van der Waals surface area contributed by atoms with E-state index < -0.39 is 6.04 Å². The van der Waals surface area contributed by atoms with Gasteiger partial charge in [-0.05, 0) is 5.56 Å². The van der Waals surface area contributed by atoms with Crippen molar-refractivity contribution in [2.45, 2.75) is 25.4 Å². The summed E-state index contributed by atoms with van der Waals surface area (Å²) in [6.07, 6.45) is 1.16. The largest absolute Gasteiger partial charge is 0.341 e. The standard InChI is InChI=1S/C16H20N2O3S/c1-18(9-12-5-3-2-4-6-12)15(21)8-7-14(20)16-13(10-19)11-22-17-16/h2-6,10,13,16-17H,7-9,11H2,1H3/t13-,16?/m1/s1. The minimum atomic E-state index is -0.449. The van der Waals surface area contributed by atoms with Gasteiger partial charge in [0.05, 0.1) is 6.04 Å². The molecule has 1 heterocycles. The normalized spacial score (nSPS) is 20.6. The van der Waals surface area contributed by atoms with E-state index in [1.54, 1.807) is 11.9 Å². The van der Waals surface area contributed by atoms with E-state index in [-0.39, 0.29) is 30.4 Å². The molecule has 0 aliphatic carbocycles. The number of benzene rings is 1. The van der Waals surface area contributed by atoms with Crippen LogP contribution in [0.15, 0.2) is 30.3 Å². The molecule has 1 N–H and O–H groups in total. The second-order valence-corrected chi connectivity index (χ2v) is 6.27. The van der Waals surface area contributed by atoms with Crippen LogP contribution in [0.4, 0.5) is 0 Å². The molecule has 1 unspecified atom stereocenters. The van der Waals surface area contributed by atoms with Crippen LogP contribution in [0.2, 0.25) is 0 Å². The number of rotatable bonds is 7. The minimum absolute atomic E-state index is 0.0643. The van der Waals surface area contributed by atoms with Crippen LogP contribution in [-0.2, 0) is 20.9 Å². The van der Waals surface area contributed by atoms with Crippen LogP contribution >= 0.6 is 11.9 Å². The molecule has 1 fully saturated rings. The summed E-state index contributed by atoms with van der Waals surface area (Å²) in [5.41, 5.74) is 1.06. The van der Waals surface area contributed by atoms with Crippen LogP contribution in [0, 0.1) is 5.92 Å². The first-order valence-electron chi connectivity index (χ1n) is 7.25. The van der Waals surface area contributed by atoms with Crippen molar-refractivity contribution in [3.8, 4) is 0 Å². The van der Waals surface area contributed by atoms with E-state index in [0.29, 0.717) is 12.3 Å². The van der Waals surface area contributed by atoms with Crippen LogP contribution in [0.25, 0.3) is 0 Å². The molecular formula is C16H20N2O3S. The van der Waals surface area contributed by atoms with Crippen molar-refractivity contribution >= 4 is 29.9 Å². The third-order valence-electron chi connectivity index (χ3n) is 3.71. The Morgan fingerprint density at radius 3 is 2.73 bits per heavy atom. The zero-order valence-electron chi connectivity index (χ0n) is 12.5. The lowest BCUT2D eigenvalue weighted by Gasteiger charge is -2.18. The monoisotopic (exact) mass is 320 g/mol. The first-order valence-corrected chi connectivity index (χ1v) is 8.23. The highest BCUT2D eigenvalue weighted by Crippen LogP contribution is 2.21. The Hall–Kier alpha value is -1.66. The Bertz CT molecular complexity index is 535. The fourth-order valence-electron chi connectivity index (χ4n) is 2.36. The number of nitrogens with zero attached hydrogens (tertiary/aromatic N) is 1. The molecule has 1 aromatic carbocycles. The quantitative estimate of drug-likeness (QED) is 0.608. The van der Waals surface area contributed by atoms with Gasteiger partial charge in [-0.15, -0.1) is 0 Å². The molecule has 6 heteroatoms. The molecule has 0 bridgehead atoms. The fraction of sp³-hybridized carbons (Fsp3) is 0.438. The Morgan fingerprint density at radius 1 is 1.32 bits per heavy atom. The maximum atomic E-state index is 12.1. The van der Waals surface area contributed by atoms with Gasteiger partial charge in [0.2, 0.25) is 5.91 Å². The highest BCUT2D eigenvalue weighted by molar-refractivity contribution is 7.97. The van der Waals surface area contributed by atoms with E-state index in [2.05, 4.69) is 4.72 Å². The molecule has 5 nitrogen and oxygen atoms in total. The van der Waals surface area contributed by atoms with Gasteiger partial charge in [-0.2, -0.15) is 0 Å². The molecule has 1 saturated heterocycles. The van der Waals surface area contributed by atoms with Gasteiger partial charge in [0.15, 0.2) is 5.78 Å². The van der Waals surface area contributed by atoms with Crippen molar-refractivity contribution in [2.24, 2.45) is 5.92 Å².